The van der Waals surface area contributed by atoms with Gasteiger partial charge in [0.25, 0.3) is 0 Å². The van der Waals surface area contributed by atoms with Crippen LogP contribution in [0.2, 0.25) is 0 Å². The summed E-state index contributed by atoms with van der Waals surface area (Å²) in [7, 11) is 0. The van der Waals surface area contributed by atoms with E-state index < -0.39 is 0 Å². The maximum atomic E-state index is 9.69. The van der Waals surface area contributed by atoms with Gasteiger partial charge in [-0.3, -0.25) is 0 Å². The molecule has 1 aromatic carbocycles. The molecule has 0 aromatic heterocycles. The van der Waals surface area contributed by atoms with Crippen molar-refractivity contribution in [1.82, 2.24) is 0 Å². The van der Waals surface area contributed by atoms with Gasteiger partial charge in [0, 0.05) is 6.42 Å². The zero-order chi connectivity index (χ0) is 12.5. The summed E-state index contributed by atoms with van der Waals surface area (Å²) in [4.78, 5) is 0. The van der Waals surface area contributed by atoms with Gasteiger partial charge in [0.05, 0.1) is 12.7 Å². The number of hydrogen-bond acceptors (Lipinski definition) is 2. The van der Waals surface area contributed by atoms with Crippen molar-refractivity contribution in [3.05, 3.63) is 29.8 Å². The van der Waals surface area contributed by atoms with Crippen LogP contribution in [0.25, 0.3) is 0 Å². The summed E-state index contributed by atoms with van der Waals surface area (Å²) in [6.07, 6.45) is 4.71. The third-order valence-corrected chi connectivity index (χ3v) is 2.90. The van der Waals surface area contributed by atoms with Crippen LogP contribution in [0.5, 0.6) is 5.75 Å². The van der Waals surface area contributed by atoms with Crippen LogP contribution in [-0.2, 0) is 6.42 Å². The maximum absolute atomic E-state index is 9.69. The molecule has 1 rings (SSSR count). The van der Waals surface area contributed by atoms with Crippen molar-refractivity contribution in [3.63, 3.8) is 0 Å². The van der Waals surface area contributed by atoms with Gasteiger partial charge in [0.1, 0.15) is 5.75 Å². The molecular weight excluding hydrogens is 212 g/mol. The van der Waals surface area contributed by atoms with Gasteiger partial charge < -0.3 is 9.84 Å². The van der Waals surface area contributed by atoms with E-state index in [-0.39, 0.29) is 6.10 Å². The van der Waals surface area contributed by atoms with E-state index in [1.165, 1.54) is 12.8 Å². The summed E-state index contributed by atoms with van der Waals surface area (Å²) in [5.41, 5.74) is 1.11. The first-order chi connectivity index (χ1) is 8.27. The second-order valence-corrected chi connectivity index (χ2v) is 4.43. The van der Waals surface area contributed by atoms with Gasteiger partial charge in [-0.2, -0.15) is 0 Å². The highest BCUT2D eigenvalue weighted by Crippen LogP contribution is 2.20. The molecule has 2 heteroatoms. The average Bonchev–Trinajstić information content (AvgIpc) is 2.36. The third-order valence-electron chi connectivity index (χ3n) is 2.90. The molecule has 0 saturated heterocycles. The van der Waals surface area contributed by atoms with Crippen molar-refractivity contribution < 1.29 is 9.84 Å². The predicted octanol–water partition coefficient (Wildman–Crippen LogP) is 3.57. The second kappa shape index (κ2) is 8.13. The van der Waals surface area contributed by atoms with Gasteiger partial charge in [0.2, 0.25) is 0 Å². The van der Waals surface area contributed by atoms with Crippen LogP contribution in [0.15, 0.2) is 24.3 Å². The molecule has 17 heavy (non-hydrogen) atoms. The smallest absolute Gasteiger partial charge is 0.122 e. The number of aliphatic hydroxyl groups excluding tert-OH is 1. The van der Waals surface area contributed by atoms with E-state index in [1.54, 1.807) is 0 Å². The van der Waals surface area contributed by atoms with Gasteiger partial charge in [0.15, 0.2) is 0 Å². The Morgan fingerprint density at radius 1 is 1.18 bits per heavy atom. The topological polar surface area (TPSA) is 29.5 Å². The minimum Gasteiger partial charge on any atom is -0.493 e. The lowest BCUT2D eigenvalue weighted by atomic mass is 10.1. The first-order valence-electron chi connectivity index (χ1n) is 6.66. The molecular formula is C15H24O2. The second-order valence-electron chi connectivity index (χ2n) is 4.43. The Morgan fingerprint density at radius 2 is 1.94 bits per heavy atom. The molecule has 1 aromatic rings. The van der Waals surface area contributed by atoms with E-state index in [0.29, 0.717) is 6.42 Å². The number of para-hydroxylation sites is 1. The van der Waals surface area contributed by atoms with E-state index in [0.717, 1.165) is 30.8 Å². The Morgan fingerprint density at radius 3 is 2.65 bits per heavy atom. The lowest BCUT2D eigenvalue weighted by molar-refractivity contribution is 0.169. The molecule has 0 aliphatic heterocycles. The number of benzene rings is 1. The van der Waals surface area contributed by atoms with E-state index >= 15 is 0 Å². The van der Waals surface area contributed by atoms with Crippen molar-refractivity contribution in [3.8, 4) is 5.75 Å². The number of unbranched alkanes of at least 4 members (excludes halogenated alkanes) is 2. The lowest BCUT2D eigenvalue weighted by Crippen LogP contribution is -2.10. The average molecular weight is 236 g/mol. The molecule has 1 unspecified atom stereocenters. The summed E-state index contributed by atoms with van der Waals surface area (Å²) >= 11 is 0. The Kier molecular flexibility index (Phi) is 6.71. The Balaban J connectivity index is 2.51. The first-order valence-corrected chi connectivity index (χ1v) is 6.66. The largest absolute Gasteiger partial charge is 0.493 e. The molecule has 0 amide bonds. The van der Waals surface area contributed by atoms with Crippen LogP contribution in [-0.4, -0.2) is 17.8 Å². The van der Waals surface area contributed by atoms with Crippen LogP contribution in [0, 0.1) is 0 Å². The van der Waals surface area contributed by atoms with Gasteiger partial charge in [-0.25, -0.2) is 0 Å². The van der Waals surface area contributed by atoms with E-state index in [4.69, 9.17) is 4.74 Å². The normalized spacial score (nSPS) is 12.4. The van der Waals surface area contributed by atoms with Crippen molar-refractivity contribution in [2.24, 2.45) is 0 Å². The summed E-state index contributed by atoms with van der Waals surface area (Å²) < 4.78 is 5.77. The predicted molar refractivity (Wildman–Crippen MR) is 71.5 cm³/mol. The van der Waals surface area contributed by atoms with Crippen molar-refractivity contribution >= 4 is 0 Å². The zero-order valence-corrected chi connectivity index (χ0v) is 11.0. The molecule has 0 fully saturated rings. The van der Waals surface area contributed by atoms with Crippen LogP contribution in [0.3, 0.4) is 0 Å². The first kappa shape index (κ1) is 14.0. The monoisotopic (exact) mass is 236 g/mol. The van der Waals surface area contributed by atoms with Gasteiger partial charge in [-0.05, 0) is 24.5 Å². The summed E-state index contributed by atoms with van der Waals surface area (Å²) in [5.74, 6) is 0.927. The highest BCUT2D eigenvalue weighted by atomic mass is 16.5. The quantitative estimate of drug-likeness (QED) is 0.699. The minimum absolute atomic E-state index is 0.268. The standard InChI is InChI=1S/C15H24O2/c1-3-5-8-11-17-15-10-7-6-9-13(15)12-14(16)4-2/h6-7,9-10,14,16H,3-5,8,11-12H2,1-2H3. The zero-order valence-electron chi connectivity index (χ0n) is 11.0. The molecule has 2 nitrogen and oxygen atoms in total. The van der Waals surface area contributed by atoms with Gasteiger partial charge in [-0.1, -0.05) is 44.9 Å². The van der Waals surface area contributed by atoms with E-state index in [9.17, 15) is 5.11 Å². The Hall–Kier alpha value is -1.02. The third kappa shape index (κ3) is 5.22. The molecule has 0 saturated carbocycles. The molecule has 0 heterocycles. The van der Waals surface area contributed by atoms with Gasteiger partial charge >= 0.3 is 0 Å². The number of ether oxygens (including phenoxy) is 1. The molecule has 0 bridgehead atoms. The molecule has 1 atom stereocenters. The summed E-state index contributed by atoms with van der Waals surface area (Å²) in [5, 5.41) is 9.69. The lowest BCUT2D eigenvalue weighted by Gasteiger charge is -2.13. The van der Waals surface area contributed by atoms with Crippen molar-refractivity contribution in [2.75, 3.05) is 6.61 Å². The Labute approximate surface area is 105 Å². The van der Waals surface area contributed by atoms with E-state index in [2.05, 4.69) is 6.92 Å². The molecule has 0 radical (unpaired) electrons. The van der Waals surface area contributed by atoms with Gasteiger partial charge in [-0.15, -0.1) is 0 Å². The minimum atomic E-state index is -0.268. The summed E-state index contributed by atoms with van der Waals surface area (Å²) in [6, 6.07) is 8.01. The van der Waals surface area contributed by atoms with Crippen LogP contribution in [0.1, 0.15) is 45.1 Å². The Bertz CT molecular complexity index is 310. The fraction of sp³-hybridized carbons (Fsp3) is 0.600. The molecule has 1 N–H and O–H groups in total. The van der Waals surface area contributed by atoms with Crippen LogP contribution >= 0.6 is 0 Å². The summed E-state index contributed by atoms with van der Waals surface area (Å²) in [6.45, 7) is 4.95. The highest BCUT2D eigenvalue weighted by molar-refractivity contribution is 5.33. The molecule has 0 aliphatic carbocycles. The molecule has 96 valence electrons. The van der Waals surface area contributed by atoms with Crippen LogP contribution in [0.4, 0.5) is 0 Å². The highest BCUT2D eigenvalue weighted by Gasteiger charge is 2.07. The number of aliphatic hydroxyl groups is 1. The fourth-order valence-corrected chi connectivity index (χ4v) is 1.75. The fourth-order valence-electron chi connectivity index (χ4n) is 1.75. The molecule has 0 spiro atoms. The number of hydrogen-bond donors (Lipinski definition) is 1. The number of rotatable bonds is 8. The van der Waals surface area contributed by atoms with Crippen molar-refractivity contribution in [1.29, 1.82) is 0 Å². The van der Waals surface area contributed by atoms with Crippen molar-refractivity contribution in [2.45, 2.75) is 52.1 Å². The van der Waals surface area contributed by atoms with E-state index in [1.807, 2.05) is 31.2 Å². The molecule has 0 aliphatic rings. The van der Waals surface area contributed by atoms with Crippen LogP contribution < -0.4 is 4.74 Å². The maximum Gasteiger partial charge on any atom is 0.122 e. The SMILES string of the molecule is CCCCCOc1ccccc1CC(O)CC.